The van der Waals surface area contributed by atoms with Crippen LogP contribution in [0.15, 0.2) is 0 Å². The third-order valence-corrected chi connectivity index (χ3v) is 2.02. The van der Waals surface area contributed by atoms with Gasteiger partial charge in [-0.05, 0) is 19.6 Å². The highest BCUT2D eigenvalue weighted by molar-refractivity contribution is 6.69. The van der Waals surface area contributed by atoms with Crippen LogP contribution in [0.4, 0.5) is 0 Å². The molecule has 0 saturated carbocycles. The summed E-state index contributed by atoms with van der Waals surface area (Å²) in [5.41, 5.74) is 0. The van der Waals surface area contributed by atoms with Gasteiger partial charge in [-0.1, -0.05) is 0 Å². The normalized spacial score (nSPS) is 11.0. The van der Waals surface area contributed by atoms with E-state index in [4.69, 9.17) is 11.0 Å². The minimum absolute atomic E-state index is 0.602. The minimum atomic E-state index is -1.31. The van der Waals surface area contributed by atoms with Crippen molar-refractivity contribution in [1.82, 2.24) is 0 Å². The summed E-state index contributed by atoms with van der Waals surface area (Å²) in [6, 6.07) is 0. The molecule has 0 fully saturated rings. The van der Waals surface area contributed by atoms with Gasteiger partial charge in [-0.3, -0.25) is 0 Å². The monoisotopic (exact) mass is 157 g/mol. The smallest absolute Gasteiger partial charge is 0.216 e. The molecule has 3 heteroatoms. The average molecular weight is 157 g/mol. The summed E-state index contributed by atoms with van der Waals surface area (Å²) >= 11 is 0. The van der Waals surface area contributed by atoms with Crippen LogP contribution in [0.25, 0.3) is 4.85 Å². The number of hydrogen-bond acceptors (Lipinski definition) is 1. The second kappa shape index (κ2) is 4.48. The molecule has 0 unspecified atom stereocenters. The first-order valence-corrected chi connectivity index (χ1v) is 6.94. The van der Waals surface area contributed by atoms with Crippen molar-refractivity contribution < 1.29 is 4.43 Å². The lowest BCUT2D eigenvalue weighted by molar-refractivity contribution is 0.310. The topological polar surface area (TPSA) is 13.6 Å². The third-order valence-electron chi connectivity index (χ3n) is 0.949. The van der Waals surface area contributed by atoms with Gasteiger partial charge < -0.3 is 9.27 Å². The second-order valence-electron chi connectivity index (χ2n) is 3.20. The lowest BCUT2D eigenvalue weighted by Crippen LogP contribution is -2.25. The van der Waals surface area contributed by atoms with Crippen LogP contribution in [-0.2, 0) is 4.43 Å². The molecule has 0 bridgehead atoms. The van der Waals surface area contributed by atoms with Crippen LogP contribution in [0, 0.1) is 6.57 Å². The Balaban J connectivity index is 3.14. The Hall–Kier alpha value is -0.333. The molecule has 0 saturated heterocycles. The van der Waals surface area contributed by atoms with Gasteiger partial charge >= 0.3 is 0 Å². The summed E-state index contributed by atoms with van der Waals surface area (Å²) in [6.45, 7) is 14.4. The molecule has 2 nitrogen and oxygen atoms in total. The fourth-order valence-corrected chi connectivity index (χ4v) is 1.28. The molecule has 0 rings (SSSR count). The van der Waals surface area contributed by atoms with Crippen molar-refractivity contribution in [3.8, 4) is 0 Å². The van der Waals surface area contributed by atoms with Crippen molar-refractivity contribution in [3.63, 3.8) is 0 Å². The predicted octanol–water partition coefficient (Wildman–Crippen LogP) is 2.15. The molecule has 0 aliphatic heterocycles. The minimum Gasteiger partial charge on any atom is -0.417 e. The van der Waals surface area contributed by atoms with Crippen LogP contribution in [0.5, 0.6) is 0 Å². The zero-order valence-corrected chi connectivity index (χ0v) is 7.98. The molecule has 58 valence electrons. The van der Waals surface area contributed by atoms with Crippen molar-refractivity contribution in [1.29, 1.82) is 0 Å². The summed E-state index contributed by atoms with van der Waals surface area (Å²) in [7, 11) is -1.31. The molecule has 0 aliphatic carbocycles. The maximum absolute atomic E-state index is 6.52. The molecule has 0 amide bonds. The molecule has 0 aromatic heterocycles. The van der Waals surface area contributed by atoms with Crippen molar-refractivity contribution in [2.75, 3.05) is 13.2 Å². The Labute approximate surface area is 64.1 Å². The van der Waals surface area contributed by atoms with E-state index >= 15 is 0 Å². The van der Waals surface area contributed by atoms with Gasteiger partial charge in [-0.15, -0.1) is 0 Å². The van der Waals surface area contributed by atoms with Crippen LogP contribution in [0.1, 0.15) is 6.42 Å². The Morgan fingerprint density at radius 3 is 2.40 bits per heavy atom. The molecule has 0 heterocycles. The SMILES string of the molecule is [C-]#[N+]CCCO[Si](C)(C)C. The van der Waals surface area contributed by atoms with E-state index in [1.54, 1.807) is 0 Å². The van der Waals surface area contributed by atoms with E-state index < -0.39 is 8.32 Å². The van der Waals surface area contributed by atoms with Gasteiger partial charge in [0.05, 0.1) is 0 Å². The maximum atomic E-state index is 6.52. The first kappa shape index (κ1) is 9.67. The summed E-state index contributed by atoms with van der Waals surface area (Å²) in [6.07, 6.45) is 0.883. The molecule has 10 heavy (non-hydrogen) atoms. The van der Waals surface area contributed by atoms with E-state index in [2.05, 4.69) is 24.5 Å². The van der Waals surface area contributed by atoms with E-state index in [0.717, 1.165) is 13.0 Å². The highest BCUT2D eigenvalue weighted by Gasteiger charge is 2.13. The Kier molecular flexibility index (Phi) is 4.33. The highest BCUT2D eigenvalue weighted by Crippen LogP contribution is 2.02. The van der Waals surface area contributed by atoms with Gasteiger partial charge in [0, 0.05) is 13.0 Å². The van der Waals surface area contributed by atoms with Crippen LogP contribution < -0.4 is 0 Å². The fourth-order valence-electron chi connectivity index (χ4n) is 0.522. The van der Waals surface area contributed by atoms with Crippen LogP contribution >= 0.6 is 0 Å². The molecule has 0 N–H and O–H groups in total. The van der Waals surface area contributed by atoms with Crippen molar-refractivity contribution in [3.05, 3.63) is 11.4 Å². The molecular formula is C7H15NOSi. The predicted molar refractivity (Wildman–Crippen MR) is 45.4 cm³/mol. The summed E-state index contributed by atoms with van der Waals surface area (Å²) in [5.74, 6) is 0. The molecule has 0 atom stereocenters. The quantitative estimate of drug-likeness (QED) is 0.346. The lowest BCUT2D eigenvalue weighted by atomic mass is 10.5. The van der Waals surface area contributed by atoms with Gasteiger partial charge in [0.2, 0.25) is 6.54 Å². The largest absolute Gasteiger partial charge is 0.417 e. The van der Waals surface area contributed by atoms with Crippen LogP contribution in [-0.4, -0.2) is 21.5 Å². The summed E-state index contributed by atoms with van der Waals surface area (Å²) < 4.78 is 5.53. The van der Waals surface area contributed by atoms with Crippen LogP contribution in [0.3, 0.4) is 0 Å². The van der Waals surface area contributed by atoms with E-state index in [1.165, 1.54) is 0 Å². The summed E-state index contributed by atoms with van der Waals surface area (Å²) in [5, 5.41) is 0. The fraction of sp³-hybridized carbons (Fsp3) is 0.857. The second-order valence-corrected chi connectivity index (χ2v) is 7.71. The van der Waals surface area contributed by atoms with Crippen molar-refractivity contribution in [2.24, 2.45) is 0 Å². The van der Waals surface area contributed by atoms with E-state index in [-0.39, 0.29) is 0 Å². The van der Waals surface area contributed by atoms with E-state index in [0.29, 0.717) is 6.54 Å². The summed E-state index contributed by atoms with van der Waals surface area (Å²) in [4.78, 5) is 3.24. The van der Waals surface area contributed by atoms with Crippen molar-refractivity contribution >= 4 is 8.32 Å². The Bertz CT molecular complexity index is 123. The van der Waals surface area contributed by atoms with Gasteiger partial charge in [-0.25, -0.2) is 6.57 Å². The lowest BCUT2D eigenvalue weighted by Gasteiger charge is -2.15. The maximum Gasteiger partial charge on any atom is 0.216 e. The molecule has 0 radical (unpaired) electrons. The highest BCUT2D eigenvalue weighted by atomic mass is 28.4. The number of rotatable bonds is 4. The third kappa shape index (κ3) is 7.67. The number of hydrogen-bond donors (Lipinski definition) is 0. The molecular weight excluding hydrogens is 142 g/mol. The first-order chi connectivity index (χ1) is 4.56. The van der Waals surface area contributed by atoms with Crippen molar-refractivity contribution in [2.45, 2.75) is 26.1 Å². The first-order valence-electron chi connectivity index (χ1n) is 3.53. The molecule has 0 spiro atoms. The van der Waals surface area contributed by atoms with Gasteiger partial charge in [0.15, 0.2) is 8.32 Å². The Morgan fingerprint density at radius 2 is 2.00 bits per heavy atom. The molecule has 0 aromatic carbocycles. The van der Waals surface area contributed by atoms with Crippen LogP contribution in [0.2, 0.25) is 19.6 Å². The van der Waals surface area contributed by atoms with Gasteiger partial charge in [0.1, 0.15) is 0 Å². The van der Waals surface area contributed by atoms with E-state index in [1.807, 2.05) is 0 Å². The standard InChI is InChI=1S/C7H15NOSi/c1-8-6-5-7-9-10(2,3)4/h5-7H2,2-4H3. The average Bonchev–Trinajstić information content (AvgIpc) is 1.78. The van der Waals surface area contributed by atoms with Gasteiger partial charge in [-0.2, -0.15) is 0 Å². The zero-order valence-electron chi connectivity index (χ0n) is 6.98. The molecule has 0 aromatic rings. The van der Waals surface area contributed by atoms with Gasteiger partial charge in [0.25, 0.3) is 0 Å². The number of nitrogens with zero attached hydrogens (tertiary/aromatic N) is 1. The molecule has 0 aliphatic rings. The Morgan fingerprint density at radius 1 is 1.40 bits per heavy atom. The van der Waals surface area contributed by atoms with E-state index in [9.17, 15) is 0 Å². The zero-order chi connectivity index (χ0) is 8.04.